The van der Waals surface area contributed by atoms with E-state index in [0.717, 1.165) is 26.2 Å². The molecule has 0 fully saturated rings. The number of esters is 1. The summed E-state index contributed by atoms with van der Waals surface area (Å²) in [6.07, 6.45) is -1.80. The second-order valence-corrected chi connectivity index (χ2v) is 11.5. The molecule has 216 valence electrons. The fourth-order valence-corrected chi connectivity index (χ4v) is 7.37. The van der Waals surface area contributed by atoms with Crippen LogP contribution in [0.5, 0.6) is 0 Å². The molecular weight excluding hydrogens is 573 g/mol. The molecule has 0 radical (unpaired) electrons. The summed E-state index contributed by atoms with van der Waals surface area (Å²) >= 11 is 2.77. The summed E-state index contributed by atoms with van der Waals surface area (Å²) < 4.78 is 45.8. The van der Waals surface area contributed by atoms with Crippen LogP contribution in [-0.2, 0) is 14.3 Å². The highest BCUT2D eigenvalue weighted by Gasteiger charge is 2.59. The monoisotopic (exact) mass is 602 g/mol. The van der Waals surface area contributed by atoms with E-state index in [0.29, 0.717) is 31.1 Å². The Balaban J connectivity index is 1.63. The van der Waals surface area contributed by atoms with Gasteiger partial charge in [0.25, 0.3) is 0 Å². The largest absolute Gasteiger partial charge is 0.490 e. The van der Waals surface area contributed by atoms with Crippen LogP contribution in [0.15, 0.2) is 91.8 Å². The fourth-order valence-electron chi connectivity index (χ4n) is 4.98. The van der Waals surface area contributed by atoms with Crippen LogP contribution in [0.1, 0.15) is 20.3 Å². The van der Waals surface area contributed by atoms with Crippen LogP contribution in [0.2, 0.25) is 0 Å². The van der Waals surface area contributed by atoms with Gasteiger partial charge in [-0.25, -0.2) is 4.79 Å². The van der Waals surface area contributed by atoms with Crippen LogP contribution in [0.4, 0.5) is 24.5 Å². The molecule has 7 nitrogen and oxygen atoms in total. The molecule has 41 heavy (non-hydrogen) atoms. The zero-order valence-electron chi connectivity index (χ0n) is 22.5. The minimum Gasteiger partial charge on any atom is -0.433 e. The minimum atomic E-state index is -5.29. The Labute approximate surface area is 244 Å². The predicted molar refractivity (Wildman–Crippen MR) is 155 cm³/mol. The second-order valence-electron chi connectivity index (χ2n) is 9.40. The molecule has 12 heteroatoms. The number of benzene rings is 2. The van der Waals surface area contributed by atoms with Crippen molar-refractivity contribution in [2.24, 2.45) is 5.73 Å². The van der Waals surface area contributed by atoms with Crippen LogP contribution < -0.4 is 20.9 Å². The zero-order valence-corrected chi connectivity index (χ0v) is 24.1. The van der Waals surface area contributed by atoms with Gasteiger partial charge < -0.3 is 25.6 Å². The lowest BCUT2D eigenvalue weighted by atomic mass is 9.75. The smallest absolute Gasteiger partial charge is 0.433 e. The molecule has 1 aliphatic carbocycles. The van der Waals surface area contributed by atoms with E-state index in [9.17, 15) is 22.8 Å². The van der Waals surface area contributed by atoms with Crippen LogP contribution in [0.25, 0.3) is 0 Å². The number of fused-ring (bicyclic) bond motifs is 2. The topological polar surface area (TPSA) is 87.9 Å². The van der Waals surface area contributed by atoms with Gasteiger partial charge in [0.15, 0.2) is 0 Å². The molecule has 3 aliphatic rings. The molecule has 0 amide bonds. The number of nitrogens with zero attached hydrogens (tertiary/aromatic N) is 2. The number of alkyl halides is 3. The highest BCUT2D eigenvalue weighted by molar-refractivity contribution is 8.04. The number of para-hydroxylation sites is 2. The number of halogens is 3. The summed E-state index contributed by atoms with van der Waals surface area (Å²) in [5, 5.41) is 4.34. The molecule has 1 atom stereocenters. The molecule has 0 saturated heterocycles. The number of allylic oxidation sites excluding steroid dienone is 1. The second kappa shape index (κ2) is 11.5. The number of ketones is 1. The predicted octanol–water partition coefficient (Wildman–Crippen LogP) is 5.55. The molecule has 0 spiro atoms. The number of rotatable bonds is 9. The number of nitrogens with one attached hydrogen (secondary N) is 1. The number of thioether (sulfide) groups is 2. The van der Waals surface area contributed by atoms with Gasteiger partial charge in [-0.2, -0.15) is 13.2 Å². The number of Topliss-reactive ketones (excluding diaryl/α,β-unsaturated/α-hetero) is 1. The van der Waals surface area contributed by atoms with Crippen molar-refractivity contribution in [3.8, 4) is 0 Å². The van der Waals surface area contributed by atoms with Gasteiger partial charge in [0, 0.05) is 41.1 Å². The van der Waals surface area contributed by atoms with Crippen molar-refractivity contribution in [3.63, 3.8) is 0 Å². The lowest BCUT2D eigenvalue weighted by Gasteiger charge is -2.41. The summed E-state index contributed by atoms with van der Waals surface area (Å²) in [7, 11) is 0. The van der Waals surface area contributed by atoms with E-state index < -0.39 is 23.5 Å². The van der Waals surface area contributed by atoms with Crippen molar-refractivity contribution in [1.29, 1.82) is 0 Å². The summed E-state index contributed by atoms with van der Waals surface area (Å²) in [5.74, 6) is -3.17. The third-order valence-electron chi connectivity index (χ3n) is 6.89. The van der Waals surface area contributed by atoms with Crippen LogP contribution in [-0.4, -0.2) is 49.7 Å². The standard InChI is InChI=1S/C29H29F3N4O3S2/c1-3-35-19-10-5-7-12-21(19)40-23(35)16-18-25(34-15-9-14-33)28(26(18)37,39-27(38)29(30,31)32)17-24-36(4-2)20-11-6-8-13-22(20)41-24/h5-8,10-13,16-17,34H,3-4,9,14-15,33H2,1-2H3. The highest BCUT2D eigenvalue weighted by atomic mass is 32.2. The van der Waals surface area contributed by atoms with Crippen LogP contribution in [0.3, 0.4) is 0 Å². The van der Waals surface area contributed by atoms with Gasteiger partial charge in [0.2, 0.25) is 11.4 Å². The summed E-state index contributed by atoms with van der Waals surface area (Å²) in [6, 6.07) is 15.3. The van der Waals surface area contributed by atoms with Gasteiger partial charge in [-0.3, -0.25) is 4.79 Å². The SMILES string of the molecule is CCN1C(=CC2=C(NCCCN)C(C=C3Sc4ccccc4N3CC)(OC(=O)C(F)(F)F)C2=O)Sc2ccccc21. The number of carbonyl (C=O) groups excluding carboxylic acids is 2. The number of nitrogens with two attached hydrogens (primary N) is 1. The van der Waals surface area contributed by atoms with Gasteiger partial charge in [0.05, 0.1) is 27.1 Å². The van der Waals surface area contributed by atoms with Gasteiger partial charge >= 0.3 is 12.1 Å². The normalized spacial score (nSPS) is 21.9. The quantitative estimate of drug-likeness (QED) is 0.283. The lowest BCUT2D eigenvalue weighted by Crippen LogP contribution is -2.58. The Kier molecular flexibility index (Phi) is 8.18. The van der Waals surface area contributed by atoms with E-state index >= 15 is 0 Å². The maximum atomic E-state index is 14.0. The van der Waals surface area contributed by atoms with Crippen molar-refractivity contribution in [1.82, 2.24) is 5.32 Å². The molecule has 2 heterocycles. The number of anilines is 2. The van der Waals surface area contributed by atoms with E-state index in [4.69, 9.17) is 10.5 Å². The van der Waals surface area contributed by atoms with Crippen molar-refractivity contribution in [2.45, 2.75) is 41.8 Å². The first-order valence-corrected chi connectivity index (χ1v) is 14.8. The molecule has 5 rings (SSSR count). The van der Waals surface area contributed by atoms with E-state index in [-0.39, 0.29) is 17.8 Å². The van der Waals surface area contributed by atoms with Gasteiger partial charge in [-0.15, -0.1) is 0 Å². The van der Waals surface area contributed by atoms with E-state index in [1.54, 1.807) is 6.08 Å². The maximum Gasteiger partial charge on any atom is 0.490 e. The van der Waals surface area contributed by atoms with Crippen molar-refractivity contribution in [3.05, 3.63) is 82.0 Å². The number of hydrogen-bond acceptors (Lipinski definition) is 9. The molecular formula is C29H29F3N4O3S2. The van der Waals surface area contributed by atoms with E-state index in [1.165, 1.54) is 29.6 Å². The Bertz CT molecular complexity index is 1470. The first-order chi connectivity index (χ1) is 19.6. The van der Waals surface area contributed by atoms with Crippen LogP contribution in [0, 0.1) is 0 Å². The van der Waals surface area contributed by atoms with Gasteiger partial charge in [0.1, 0.15) is 0 Å². The molecule has 0 aromatic heterocycles. The molecule has 1 unspecified atom stereocenters. The number of hydrogen-bond donors (Lipinski definition) is 2. The van der Waals surface area contributed by atoms with Crippen LogP contribution >= 0.6 is 23.5 Å². The van der Waals surface area contributed by atoms with E-state index in [2.05, 4.69) is 5.32 Å². The molecule has 2 aromatic rings. The average Bonchev–Trinajstić information content (AvgIpc) is 3.49. The summed E-state index contributed by atoms with van der Waals surface area (Å²) in [4.78, 5) is 32.1. The fraction of sp³-hybridized carbons (Fsp3) is 0.310. The first-order valence-electron chi connectivity index (χ1n) is 13.2. The third kappa shape index (κ3) is 5.24. The zero-order chi connectivity index (χ0) is 29.4. The molecule has 0 bridgehead atoms. The lowest BCUT2D eigenvalue weighted by molar-refractivity contribution is -0.209. The van der Waals surface area contributed by atoms with Crippen molar-refractivity contribution in [2.75, 3.05) is 36.0 Å². The van der Waals surface area contributed by atoms with E-state index in [1.807, 2.05) is 72.2 Å². The molecule has 2 aliphatic heterocycles. The Morgan fingerprint density at radius 1 is 1.00 bits per heavy atom. The maximum absolute atomic E-state index is 14.0. The van der Waals surface area contributed by atoms with Crippen molar-refractivity contribution < 1.29 is 27.5 Å². The molecule has 0 saturated carbocycles. The first kappa shape index (κ1) is 29.2. The Morgan fingerprint density at radius 3 is 2.12 bits per heavy atom. The van der Waals surface area contributed by atoms with Gasteiger partial charge in [-0.05, 0) is 57.2 Å². The Hall–Kier alpha value is -3.35. The van der Waals surface area contributed by atoms with Crippen molar-refractivity contribution >= 4 is 46.7 Å². The third-order valence-corrected chi connectivity index (χ3v) is 9.12. The minimum absolute atomic E-state index is 0.105. The average molecular weight is 603 g/mol. The van der Waals surface area contributed by atoms with Gasteiger partial charge in [-0.1, -0.05) is 47.8 Å². The highest BCUT2D eigenvalue weighted by Crippen LogP contribution is 2.51. The summed E-state index contributed by atoms with van der Waals surface area (Å²) in [6.45, 7) is 5.58. The Morgan fingerprint density at radius 2 is 1.56 bits per heavy atom. The summed E-state index contributed by atoms with van der Waals surface area (Å²) in [5.41, 5.74) is 5.50. The molecule has 2 aromatic carbocycles. The number of carbonyl (C=O) groups is 2. The molecule has 3 N–H and O–H groups in total. The number of ether oxygens (including phenoxy) is 1.